The van der Waals surface area contributed by atoms with Gasteiger partial charge in [-0.05, 0) is 80.8 Å². The van der Waals surface area contributed by atoms with Crippen molar-refractivity contribution < 1.29 is 33.0 Å². The number of esters is 1. The van der Waals surface area contributed by atoms with Crippen LogP contribution in [0.25, 0.3) is 0 Å². The number of Topliss-reactive ketones (excluding diaryl/α,β-unsaturated/α-hetero) is 1. The van der Waals surface area contributed by atoms with Gasteiger partial charge in [-0.25, -0.2) is 4.39 Å². The second kappa shape index (κ2) is 7.20. The third-order valence-corrected chi connectivity index (χ3v) is 9.75. The molecule has 4 fully saturated rings. The van der Waals surface area contributed by atoms with Crippen molar-refractivity contribution in [2.75, 3.05) is 6.61 Å². The van der Waals surface area contributed by atoms with Gasteiger partial charge in [-0.1, -0.05) is 13.8 Å². The molecule has 0 bridgehead atoms. The summed E-state index contributed by atoms with van der Waals surface area (Å²) in [6, 6.07) is 0. The van der Waals surface area contributed by atoms with Gasteiger partial charge in [0.1, 0.15) is 6.17 Å². The third-order valence-electron chi connectivity index (χ3n) is 9.75. The van der Waals surface area contributed by atoms with Crippen LogP contribution < -0.4 is 0 Å². The number of ether oxygens (including phenoxy) is 3. The second-order valence-corrected chi connectivity index (χ2v) is 11.8. The normalized spacial score (nSPS) is 47.6. The Kier molecular flexibility index (Phi) is 5.05. The van der Waals surface area contributed by atoms with Crippen LogP contribution in [0, 0.1) is 28.6 Å². The molecule has 0 N–H and O–H groups in total. The molecule has 6 nitrogen and oxygen atoms in total. The number of allylic oxidation sites excluding steroid dienone is 1. The number of carbonyl (C=O) groups excluding carboxylic acids is 3. The van der Waals surface area contributed by atoms with Crippen LogP contribution in [0.1, 0.15) is 73.1 Å². The van der Waals surface area contributed by atoms with Gasteiger partial charge in [-0.2, -0.15) is 0 Å². The number of hydrogen-bond acceptors (Lipinski definition) is 6. The summed E-state index contributed by atoms with van der Waals surface area (Å²) in [4.78, 5) is 37.2. The molecule has 0 radical (unpaired) electrons. The average molecular weight is 463 g/mol. The van der Waals surface area contributed by atoms with Crippen LogP contribution in [0.4, 0.5) is 4.39 Å². The molecule has 0 spiro atoms. The number of rotatable bonds is 3. The van der Waals surface area contributed by atoms with Crippen LogP contribution in [0.15, 0.2) is 11.6 Å². The Hall–Kier alpha value is -1.60. The SMILES string of the molecule is CC(=O)OCC(=O)C12OC(C)(C)O[C@@H]1C[C@H]1[C@@H]3C[C@H](F)C4=CC(=O)CC[C@]4(C)[C@H]3CC[C@@]12C. The van der Waals surface area contributed by atoms with Gasteiger partial charge in [0.05, 0.1) is 6.10 Å². The lowest BCUT2D eigenvalue weighted by molar-refractivity contribution is -0.217. The Balaban J connectivity index is 1.53. The topological polar surface area (TPSA) is 78.9 Å². The van der Waals surface area contributed by atoms with E-state index in [-0.39, 0.29) is 41.3 Å². The van der Waals surface area contributed by atoms with Gasteiger partial charge in [0.15, 0.2) is 23.8 Å². The van der Waals surface area contributed by atoms with Crippen molar-refractivity contribution in [1.82, 2.24) is 0 Å². The van der Waals surface area contributed by atoms with E-state index in [1.807, 2.05) is 13.8 Å². The molecule has 0 aromatic rings. The molecule has 8 atom stereocenters. The smallest absolute Gasteiger partial charge is 0.303 e. The lowest BCUT2D eigenvalue weighted by Gasteiger charge is -2.59. The summed E-state index contributed by atoms with van der Waals surface area (Å²) < 4.78 is 33.4. The molecule has 1 unspecified atom stereocenters. The zero-order valence-corrected chi connectivity index (χ0v) is 20.2. The van der Waals surface area contributed by atoms with E-state index in [1.54, 1.807) is 6.08 Å². The van der Waals surface area contributed by atoms with Gasteiger partial charge in [0.25, 0.3) is 0 Å². The fourth-order valence-electron chi connectivity index (χ4n) is 8.44. The Bertz CT molecular complexity index is 941. The molecular weight excluding hydrogens is 427 g/mol. The Morgan fingerprint density at radius 3 is 2.58 bits per heavy atom. The van der Waals surface area contributed by atoms with Crippen LogP contribution in [0.5, 0.6) is 0 Å². The number of fused-ring (bicyclic) bond motifs is 7. The van der Waals surface area contributed by atoms with Gasteiger partial charge < -0.3 is 14.2 Å². The van der Waals surface area contributed by atoms with Crippen LogP contribution in [0.3, 0.4) is 0 Å². The van der Waals surface area contributed by atoms with Crippen molar-refractivity contribution in [2.24, 2.45) is 28.6 Å². The van der Waals surface area contributed by atoms with Gasteiger partial charge >= 0.3 is 5.97 Å². The summed E-state index contributed by atoms with van der Waals surface area (Å²) in [6.45, 7) is 8.78. The number of hydrogen-bond donors (Lipinski definition) is 0. The first-order valence-corrected chi connectivity index (χ1v) is 12.3. The van der Waals surface area contributed by atoms with E-state index in [0.717, 1.165) is 12.8 Å². The summed E-state index contributed by atoms with van der Waals surface area (Å²) in [5.41, 5.74) is -1.42. The van der Waals surface area contributed by atoms with Gasteiger partial charge in [-0.15, -0.1) is 0 Å². The van der Waals surface area contributed by atoms with E-state index in [9.17, 15) is 14.4 Å². The first-order chi connectivity index (χ1) is 15.3. The van der Waals surface area contributed by atoms with E-state index in [1.165, 1.54) is 6.92 Å². The third kappa shape index (κ3) is 3.07. The maximum atomic E-state index is 15.6. The van der Waals surface area contributed by atoms with Crippen molar-refractivity contribution >= 4 is 17.5 Å². The van der Waals surface area contributed by atoms with Crippen molar-refractivity contribution in [2.45, 2.75) is 96.8 Å². The highest BCUT2D eigenvalue weighted by molar-refractivity contribution is 5.93. The van der Waals surface area contributed by atoms with E-state index >= 15 is 4.39 Å². The van der Waals surface area contributed by atoms with Crippen molar-refractivity contribution in [1.29, 1.82) is 0 Å². The predicted molar refractivity (Wildman–Crippen MR) is 117 cm³/mol. The molecule has 4 aliphatic carbocycles. The minimum absolute atomic E-state index is 0.0265. The van der Waals surface area contributed by atoms with E-state index in [4.69, 9.17) is 14.2 Å². The molecule has 1 saturated heterocycles. The monoisotopic (exact) mass is 462 g/mol. The fraction of sp³-hybridized carbons (Fsp3) is 0.808. The van der Waals surface area contributed by atoms with Crippen LogP contribution in [-0.2, 0) is 28.6 Å². The number of carbonyl (C=O) groups is 3. The van der Waals surface area contributed by atoms with Crippen LogP contribution >= 0.6 is 0 Å². The summed E-state index contributed by atoms with van der Waals surface area (Å²) >= 11 is 0. The van der Waals surface area contributed by atoms with Crippen LogP contribution in [-0.4, -0.2) is 47.8 Å². The molecule has 0 amide bonds. The molecule has 7 heteroatoms. The number of halogens is 1. The molecule has 182 valence electrons. The van der Waals surface area contributed by atoms with Crippen molar-refractivity contribution in [3.63, 3.8) is 0 Å². The minimum atomic E-state index is -1.22. The summed E-state index contributed by atoms with van der Waals surface area (Å²) in [5.74, 6) is -1.29. The van der Waals surface area contributed by atoms with Gasteiger partial charge in [-0.3, -0.25) is 14.4 Å². The summed E-state index contributed by atoms with van der Waals surface area (Å²) in [6.07, 6.45) is 3.68. The van der Waals surface area contributed by atoms with Crippen molar-refractivity contribution in [3.05, 3.63) is 11.6 Å². The molecule has 33 heavy (non-hydrogen) atoms. The lowest BCUT2D eigenvalue weighted by Crippen LogP contribution is -2.61. The highest BCUT2D eigenvalue weighted by atomic mass is 19.1. The maximum absolute atomic E-state index is 15.6. The molecule has 1 heterocycles. The summed E-state index contributed by atoms with van der Waals surface area (Å²) in [5, 5.41) is 0. The molecule has 5 rings (SSSR count). The lowest BCUT2D eigenvalue weighted by atomic mass is 9.46. The van der Waals surface area contributed by atoms with E-state index in [0.29, 0.717) is 31.3 Å². The first kappa shape index (κ1) is 23.2. The zero-order chi connectivity index (χ0) is 24.0. The predicted octanol–water partition coefficient (Wildman–Crippen LogP) is 4.10. The maximum Gasteiger partial charge on any atom is 0.303 e. The molecule has 0 aromatic heterocycles. The van der Waals surface area contributed by atoms with Crippen LogP contribution in [0.2, 0.25) is 0 Å². The van der Waals surface area contributed by atoms with Gasteiger partial charge in [0, 0.05) is 18.8 Å². The molecule has 3 saturated carbocycles. The number of ketones is 2. The molecular formula is C26H35FO6. The minimum Gasteiger partial charge on any atom is -0.458 e. The number of alkyl halides is 1. The summed E-state index contributed by atoms with van der Waals surface area (Å²) in [7, 11) is 0. The second-order valence-electron chi connectivity index (χ2n) is 11.8. The van der Waals surface area contributed by atoms with Gasteiger partial charge in [0.2, 0.25) is 5.78 Å². The zero-order valence-electron chi connectivity index (χ0n) is 20.2. The largest absolute Gasteiger partial charge is 0.458 e. The Labute approximate surface area is 194 Å². The Morgan fingerprint density at radius 2 is 1.88 bits per heavy atom. The van der Waals surface area contributed by atoms with Crippen molar-refractivity contribution in [3.8, 4) is 0 Å². The van der Waals surface area contributed by atoms with E-state index in [2.05, 4.69) is 13.8 Å². The highest BCUT2D eigenvalue weighted by Gasteiger charge is 2.76. The highest BCUT2D eigenvalue weighted by Crippen LogP contribution is 2.70. The molecule has 5 aliphatic rings. The standard InChI is InChI=1S/C26H35FO6/c1-14(28)31-13-21(30)26-22(32-23(2,3)33-26)12-18-16-11-20(27)19-10-15(29)6-8-24(19,4)17(16)7-9-25(18,26)5/h10,16-18,20,22H,6-9,11-13H2,1-5H3/t16-,17+,18+,20+,22-,24-,25+,26?/m1/s1. The first-order valence-electron chi connectivity index (χ1n) is 12.3. The fourth-order valence-corrected chi connectivity index (χ4v) is 8.44. The quantitative estimate of drug-likeness (QED) is 0.588. The Morgan fingerprint density at radius 1 is 1.15 bits per heavy atom. The van der Waals surface area contributed by atoms with E-state index < -0.39 is 35.0 Å². The average Bonchev–Trinajstić information content (AvgIpc) is 3.13. The molecule has 1 aliphatic heterocycles. The molecule has 0 aromatic carbocycles.